The Kier molecular flexibility index (Phi) is 4.23. The molecular formula is C8H16OS. The minimum absolute atomic E-state index is 0.641. The lowest BCUT2D eigenvalue weighted by molar-refractivity contribution is 0.395. The van der Waals surface area contributed by atoms with Crippen LogP contribution in [0.1, 0.15) is 26.2 Å². The van der Waals surface area contributed by atoms with Crippen LogP contribution in [0.3, 0.4) is 0 Å². The van der Waals surface area contributed by atoms with Crippen LogP contribution in [-0.2, 0) is 4.74 Å². The Morgan fingerprint density at radius 3 is 2.90 bits per heavy atom. The molecule has 0 aromatic carbocycles. The van der Waals surface area contributed by atoms with Crippen molar-refractivity contribution in [3.63, 3.8) is 0 Å². The first-order valence-corrected chi connectivity index (χ1v) is 5.28. The van der Waals surface area contributed by atoms with Gasteiger partial charge in [0.15, 0.2) is 0 Å². The summed E-state index contributed by atoms with van der Waals surface area (Å²) in [4.78, 5) is 0. The highest BCUT2D eigenvalue weighted by molar-refractivity contribution is 7.99. The van der Waals surface area contributed by atoms with E-state index >= 15 is 0 Å². The molecule has 1 nitrogen and oxygen atoms in total. The van der Waals surface area contributed by atoms with Crippen molar-refractivity contribution in [2.75, 3.05) is 18.1 Å². The molecule has 0 bridgehead atoms. The zero-order chi connectivity index (χ0) is 7.23. The van der Waals surface area contributed by atoms with Crippen LogP contribution in [0.4, 0.5) is 0 Å². The van der Waals surface area contributed by atoms with Crippen molar-refractivity contribution in [2.24, 2.45) is 0 Å². The summed E-state index contributed by atoms with van der Waals surface area (Å²) in [6.07, 6.45) is 4.58. The Morgan fingerprint density at radius 1 is 1.50 bits per heavy atom. The van der Waals surface area contributed by atoms with Gasteiger partial charge in [0.05, 0.1) is 12.7 Å². The third-order valence-corrected chi connectivity index (χ3v) is 2.84. The molecule has 0 aromatic heterocycles. The van der Waals surface area contributed by atoms with Crippen molar-refractivity contribution < 1.29 is 4.74 Å². The van der Waals surface area contributed by atoms with Crippen molar-refractivity contribution >= 4 is 11.8 Å². The molecule has 1 unspecified atom stereocenters. The van der Waals surface area contributed by atoms with E-state index in [0.29, 0.717) is 6.10 Å². The quantitative estimate of drug-likeness (QED) is 0.437. The summed E-state index contributed by atoms with van der Waals surface area (Å²) in [7, 11) is 0. The molecule has 0 N–H and O–H groups in total. The molecule has 1 rings (SSSR count). The smallest absolute Gasteiger partial charge is 0.0810 e. The molecule has 2 heteroatoms. The van der Waals surface area contributed by atoms with Crippen LogP contribution in [0.2, 0.25) is 0 Å². The molecule has 1 aliphatic heterocycles. The second-order valence-electron chi connectivity index (χ2n) is 2.71. The van der Waals surface area contributed by atoms with Crippen molar-refractivity contribution in [1.29, 1.82) is 0 Å². The fourth-order valence-electron chi connectivity index (χ4n) is 0.894. The van der Waals surface area contributed by atoms with E-state index in [1.54, 1.807) is 0 Å². The zero-order valence-electron chi connectivity index (χ0n) is 6.64. The predicted octanol–water partition coefficient (Wildman–Crippen LogP) is 2.31. The molecule has 0 aliphatic carbocycles. The Balaban J connectivity index is 1.68. The number of epoxide rings is 1. The third kappa shape index (κ3) is 4.18. The molecule has 60 valence electrons. The van der Waals surface area contributed by atoms with Gasteiger partial charge in [0.25, 0.3) is 0 Å². The van der Waals surface area contributed by atoms with E-state index < -0.39 is 0 Å². The summed E-state index contributed by atoms with van der Waals surface area (Å²) in [6.45, 7) is 3.26. The normalized spacial score (nSPS) is 23.1. The van der Waals surface area contributed by atoms with E-state index in [0.717, 1.165) is 6.61 Å². The lowest BCUT2D eigenvalue weighted by atomic mass is 10.3. The summed E-state index contributed by atoms with van der Waals surface area (Å²) >= 11 is 2.07. The molecule has 0 aromatic rings. The van der Waals surface area contributed by atoms with Gasteiger partial charge in [-0.15, -0.1) is 0 Å². The van der Waals surface area contributed by atoms with E-state index in [4.69, 9.17) is 4.74 Å². The van der Waals surface area contributed by atoms with Crippen LogP contribution >= 0.6 is 11.8 Å². The van der Waals surface area contributed by atoms with Crippen LogP contribution < -0.4 is 0 Å². The van der Waals surface area contributed by atoms with Gasteiger partial charge in [-0.3, -0.25) is 0 Å². The highest BCUT2D eigenvalue weighted by Gasteiger charge is 2.20. The first-order valence-electron chi connectivity index (χ1n) is 4.13. The molecule has 1 saturated heterocycles. The van der Waals surface area contributed by atoms with Gasteiger partial charge >= 0.3 is 0 Å². The Labute approximate surface area is 67.5 Å². The maximum absolute atomic E-state index is 5.11. The van der Waals surface area contributed by atoms with Crippen molar-refractivity contribution in [3.8, 4) is 0 Å². The fraction of sp³-hybridized carbons (Fsp3) is 1.00. The monoisotopic (exact) mass is 160 g/mol. The number of thioether (sulfide) groups is 1. The maximum atomic E-state index is 5.11. The van der Waals surface area contributed by atoms with Crippen LogP contribution in [0.25, 0.3) is 0 Å². The van der Waals surface area contributed by atoms with Crippen LogP contribution in [0.15, 0.2) is 0 Å². The summed E-state index contributed by atoms with van der Waals surface area (Å²) in [5, 5.41) is 0. The second-order valence-corrected chi connectivity index (χ2v) is 3.93. The number of hydrogen-bond donors (Lipinski definition) is 0. The van der Waals surface area contributed by atoms with Gasteiger partial charge in [-0.05, 0) is 30.8 Å². The van der Waals surface area contributed by atoms with Crippen LogP contribution in [0, 0.1) is 0 Å². The first-order chi connectivity index (χ1) is 4.93. The van der Waals surface area contributed by atoms with E-state index in [1.807, 2.05) is 0 Å². The average Bonchev–Trinajstić information content (AvgIpc) is 2.71. The summed E-state index contributed by atoms with van der Waals surface area (Å²) in [5.41, 5.74) is 0. The molecule has 1 fully saturated rings. The van der Waals surface area contributed by atoms with E-state index in [1.165, 1.54) is 30.8 Å². The molecule has 0 amide bonds. The zero-order valence-corrected chi connectivity index (χ0v) is 7.45. The number of hydrogen-bond acceptors (Lipinski definition) is 2. The van der Waals surface area contributed by atoms with E-state index in [2.05, 4.69) is 18.7 Å². The second kappa shape index (κ2) is 5.03. The Hall–Kier alpha value is 0.310. The molecule has 1 atom stereocenters. The molecular weight excluding hydrogens is 144 g/mol. The standard InChI is InChI=1S/C8H16OS/c1-2-5-10-6-3-4-8-7-9-8/h8H,2-7H2,1H3. The number of rotatable bonds is 6. The van der Waals surface area contributed by atoms with E-state index in [-0.39, 0.29) is 0 Å². The van der Waals surface area contributed by atoms with Crippen molar-refractivity contribution in [1.82, 2.24) is 0 Å². The van der Waals surface area contributed by atoms with Gasteiger partial charge in [-0.1, -0.05) is 6.92 Å². The fourth-order valence-corrected chi connectivity index (χ4v) is 1.76. The maximum Gasteiger partial charge on any atom is 0.0810 e. The summed E-state index contributed by atoms with van der Waals surface area (Å²) in [6, 6.07) is 0. The lowest BCUT2D eigenvalue weighted by Crippen LogP contribution is -1.88. The Morgan fingerprint density at radius 2 is 2.30 bits per heavy atom. The highest BCUT2D eigenvalue weighted by Crippen LogP contribution is 2.17. The van der Waals surface area contributed by atoms with Gasteiger partial charge in [0.1, 0.15) is 0 Å². The summed E-state index contributed by atoms with van der Waals surface area (Å²) in [5.74, 6) is 2.65. The highest BCUT2D eigenvalue weighted by atomic mass is 32.2. The SMILES string of the molecule is CCCSCCCC1CO1. The van der Waals surface area contributed by atoms with Crippen LogP contribution in [0.5, 0.6) is 0 Å². The van der Waals surface area contributed by atoms with Gasteiger partial charge in [-0.25, -0.2) is 0 Å². The summed E-state index contributed by atoms with van der Waals surface area (Å²) < 4.78 is 5.11. The first kappa shape index (κ1) is 8.41. The lowest BCUT2D eigenvalue weighted by Gasteiger charge is -1.96. The minimum atomic E-state index is 0.641. The van der Waals surface area contributed by atoms with Gasteiger partial charge in [0, 0.05) is 0 Å². The molecule has 1 heterocycles. The average molecular weight is 160 g/mol. The van der Waals surface area contributed by atoms with Crippen molar-refractivity contribution in [2.45, 2.75) is 32.3 Å². The van der Waals surface area contributed by atoms with E-state index in [9.17, 15) is 0 Å². The van der Waals surface area contributed by atoms with Crippen molar-refractivity contribution in [3.05, 3.63) is 0 Å². The Bertz CT molecular complexity index is 81.3. The molecule has 0 radical (unpaired) electrons. The van der Waals surface area contributed by atoms with Crippen LogP contribution in [-0.4, -0.2) is 24.2 Å². The molecule has 0 saturated carbocycles. The molecule has 1 aliphatic rings. The predicted molar refractivity (Wildman–Crippen MR) is 46.6 cm³/mol. The topological polar surface area (TPSA) is 12.5 Å². The minimum Gasteiger partial charge on any atom is -0.373 e. The molecule has 10 heavy (non-hydrogen) atoms. The van der Waals surface area contributed by atoms with Gasteiger partial charge < -0.3 is 4.74 Å². The number of ether oxygens (including phenoxy) is 1. The largest absolute Gasteiger partial charge is 0.373 e. The van der Waals surface area contributed by atoms with Gasteiger partial charge in [-0.2, -0.15) is 11.8 Å². The van der Waals surface area contributed by atoms with Gasteiger partial charge in [0.2, 0.25) is 0 Å². The third-order valence-electron chi connectivity index (χ3n) is 1.57. The molecule has 0 spiro atoms.